The molecule has 4 aromatic rings. The molecule has 0 aliphatic rings. The van der Waals surface area contributed by atoms with Gasteiger partial charge in [-0.2, -0.15) is 0 Å². The second-order valence-electron chi connectivity index (χ2n) is 8.11. The number of carbonyl (C=O) groups excluding carboxylic acids is 1. The van der Waals surface area contributed by atoms with Gasteiger partial charge in [0.05, 0.1) is 29.8 Å². The topological polar surface area (TPSA) is 49.3 Å². The lowest BCUT2D eigenvalue weighted by molar-refractivity contribution is 0.0773. The Balaban J connectivity index is 1.78. The summed E-state index contributed by atoms with van der Waals surface area (Å²) in [4.78, 5) is 25.8. The molecule has 2 aromatic carbocycles. The van der Waals surface area contributed by atoms with Crippen molar-refractivity contribution in [3.05, 3.63) is 109 Å². The van der Waals surface area contributed by atoms with Gasteiger partial charge >= 0.3 is 0 Å². The number of hydrogen-bond acceptors (Lipinski definition) is 4. The van der Waals surface area contributed by atoms with Crippen molar-refractivity contribution in [3.63, 3.8) is 0 Å². The maximum absolute atomic E-state index is 13.0. The van der Waals surface area contributed by atoms with Crippen LogP contribution in [0.5, 0.6) is 0 Å². The Morgan fingerprint density at radius 3 is 2.06 bits per heavy atom. The molecule has 0 radical (unpaired) electrons. The highest BCUT2D eigenvalue weighted by molar-refractivity contribution is 5.95. The minimum Gasteiger partial charge on any atom is -0.339 e. The summed E-state index contributed by atoms with van der Waals surface area (Å²) < 4.78 is 0. The van der Waals surface area contributed by atoms with Crippen LogP contribution in [0.4, 0.5) is 11.4 Å². The first-order valence-corrected chi connectivity index (χ1v) is 11.7. The Labute approximate surface area is 201 Å². The van der Waals surface area contributed by atoms with Crippen molar-refractivity contribution in [3.8, 4) is 11.1 Å². The molecule has 1 unspecified atom stereocenters. The van der Waals surface area contributed by atoms with E-state index in [1.807, 2.05) is 67.5 Å². The molecule has 5 nitrogen and oxygen atoms in total. The fraction of sp³-hybridized carbons (Fsp3) is 0.207. The van der Waals surface area contributed by atoms with E-state index >= 15 is 0 Å². The molecule has 5 heteroatoms. The van der Waals surface area contributed by atoms with Gasteiger partial charge in [0.2, 0.25) is 0 Å². The molecule has 34 heavy (non-hydrogen) atoms. The number of rotatable bonds is 8. The zero-order chi connectivity index (χ0) is 23.9. The van der Waals surface area contributed by atoms with E-state index in [0.717, 1.165) is 28.1 Å². The van der Waals surface area contributed by atoms with Crippen LogP contribution in [-0.4, -0.2) is 33.9 Å². The molecule has 0 N–H and O–H groups in total. The summed E-state index contributed by atoms with van der Waals surface area (Å²) in [6.07, 6.45) is 7.30. The van der Waals surface area contributed by atoms with Gasteiger partial charge in [0.15, 0.2) is 0 Å². The molecular formula is C29H30N4O. The van der Waals surface area contributed by atoms with Gasteiger partial charge in [-0.15, -0.1) is 0 Å². The third-order valence-electron chi connectivity index (χ3n) is 6.12. The smallest absolute Gasteiger partial charge is 0.253 e. The molecular weight excluding hydrogens is 420 g/mol. The number of amides is 1. The van der Waals surface area contributed by atoms with Crippen LogP contribution >= 0.6 is 0 Å². The lowest BCUT2D eigenvalue weighted by Crippen LogP contribution is -2.30. The van der Waals surface area contributed by atoms with Crippen LogP contribution in [0, 0.1) is 0 Å². The summed E-state index contributed by atoms with van der Waals surface area (Å²) in [6, 6.07) is 24.3. The summed E-state index contributed by atoms with van der Waals surface area (Å²) in [5.74, 6) is 0.0599. The maximum atomic E-state index is 13.0. The normalized spacial score (nSPS) is 11.6. The lowest BCUT2D eigenvalue weighted by atomic mass is 9.93. The highest BCUT2D eigenvalue weighted by Gasteiger charge is 2.22. The van der Waals surface area contributed by atoms with Crippen molar-refractivity contribution in [2.24, 2.45) is 0 Å². The van der Waals surface area contributed by atoms with Crippen LogP contribution in [0.15, 0.2) is 97.6 Å². The van der Waals surface area contributed by atoms with Crippen molar-refractivity contribution in [1.29, 1.82) is 0 Å². The molecule has 2 aromatic heterocycles. The van der Waals surface area contributed by atoms with Crippen LogP contribution in [-0.2, 0) is 0 Å². The molecule has 1 atom stereocenters. The van der Waals surface area contributed by atoms with Gasteiger partial charge in [0.25, 0.3) is 5.91 Å². The zero-order valence-corrected chi connectivity index (χ0v) is 19.9. The number of anilines is 2. The van der Waals surface area contributed by atoms with Gasteiger partial charge in [-0.25, -0.2) is 0 Å². The molecule has 1 amide bonds. The minimum atomic E-state index is -0.00765. The van der Waals surface area contributed by atoms with E-state index in [2.05, 4.69) is 58.2 Å². The van der Waals surface area contributed by atoms with Gasteiger partial charge in [0.1, 0.15) is 0 Å². The van der Waals surface area contributed by atoms with Crippen LogP contribution in [0.2, 0.25) is 0 Å². The van der Waals surface area contributed by atoms with Crippen LogP contribution < -0.4 is 4.90 Å². The summed E-state index contributed by atoms with van der Waals surface area (Å²) in [7, 11) is 0. The number of aromatic nitrogens is 2. The van der Waals surface area contributed by atoms with Crippen LogP contribution in [0.25, 0.3) is 11.1 Å². The number of carbonyl (C=O) groups is 1. The van der Waals surface area contributed by atoms with Crippen molar-refractivity contribution in [2.45, 2.75) is 26.8 Å². The number of benzene rings is 2. The van der Waals surface area contributed by atoms with Crippen molar-refractivity contribution < 1.29 is 4.79 Å². The maximum Gasteiger partial charge on any atom is 0.253 e. The van der Waals surface area contributed by atoms with Crippen LogP contribution in [0.3, 0.4) is 0 Å². The average Bonchev–Trinajstić information content (AvgIpc) is 2.91. The fourth-order valence-electron chi connectivity index (χ4n) is 4.37. The van der Waals surface area contributed by atoms with Gasteiger partial charge in [-0.05, 0) is 73.9 Å². The Kier molecular flexibility index (Phi) is 7.33. The SMILES string of the molecule is CCN(CC)C(=O)c1cccc(-c2ccccc2C(C)N(c2cccnc2)c2cccnc2)c1. The first kappa shape index (κ1) is 23.2. The Morgan fingerprint density at radius 1 is 0.824 bits per heavy atom. The van der Waals surface area contributed by atoms with Crippen molar-refractivity contribution >= 4 is 17.3 Å². The third kappa shape index (κ3) is 4.84. The quantitative estimate of drug-likeness (QED) is 0.306. The molecule has 0 aliphatic carbocycles. The van der Waals surface area contributed by atoms with Crippen molar-refractivity contribution in [2.75, 3.05) is 18.0 Å². The van der Waals surface area contributed by atoms with E-state index in [4.69, 9.17) is 0 Å². The highest BCUT2D eigenvalue weighted by Crippen LogP contribution is 2.38. The zero-order valence-electron chi connectivity index (χ0n) is 19.9. The van der Waals surface area contributed by atoms with Gasteiger partial charge in [-0.1, -0.05) is 36.4 Å². The summed E-state index contributed by atoms with van der Waals surface area (Å²) in [5, 5.41) is 0. The van der Waals surface area contributed by atoms with E-state index in [-0.39, 0.29) is 11.9 Å². The third-order valence-corrected chi connectivity index (χ3v) is 6.12. The number of hydrogen-bond donors (Lipinski definition) is 0. The molecule has 0 spiro atoms. The molecule has 0 saturated carbocycles. The highest BCUT2D eigenvalue weighted by atomic mass is 16.2. The van der Waals surface area contributed by atoms with Gasteiger partial charge in [0, 0.05) is 31.0 Å². The Bertz CT molecular complexity index is 1180. The molecule has 0 fully saturated rings. The van der Waals surface area contributed by atoms with Crippen molar-refractivity contribution in [1.82, 2.24) is 14.9 Å². The molecule has 0 saturated heterocycles. The van der Waals surface area contributed by atoms with Gasteiger partial charge < -0.3 is 9.80 Å². The summed E-state index contributed by atoms with van der Waals surface area (Å²) >= 11 is 0. The first-order valence-electron chi connectivity index (χ1n) is 11.7. The largest absolute Gasteiger partial charge is 0.339 e. The van der Waals surface area contributed by atoms with E-state index in [1.165, 1.54) is 0 Å². The standard InChI is InChI=1S/C29H30N4O/c1-4-32(5-2)29(34)24-12-8-11-23(19-24)28-16-7-6-15-27(28)22(3)33(25-13-9-17-30-20-25)26-14-10-18-31-21-26/h6-22H,4-5H2,1-3H3. The average molecular weight is 451 g/mol. The number of pyridine rings is 2. The van der Waals surface area contributed by atoms with E-state index in [9.17, 15) is 4.79 Å². The predicted octanol–water partition coefficient (Wildman–Crippen LogP) is 6.52. The first-order chi connectivity index (χ1) is 16.6. The summed E-state index contributed by atoms with van der Waals surface area (Å²) in [6.45, 7) is 7.59. The Morgan fingerprint density at radius 2 is 1.47 bits per heavy atom. The number of nitrogens with zero attached hydrogens (tertiary/aromatic N) is 4. The predicted molar refractivity (Wildman–Crippen MR) is 138 cm³/mol. The monoisotopic (exact) mass is 450 g/mol. The molecule has 172 valence electrons. The molecule has 0 aliphatic heterocycles. The van der Waals surface area contributed by atoms with Gasteiger partial charge in [-0.3, -0.25) is 14.8 Å². The fourth-order valence-corrected chi connectivity index (χ4v) is 4.37. The molecule has 0 bridgehead atoms. The Hall–Kier alpha value is -3.99. The summed E-state index contributed by atoms with van der Waals surface area (Å²) in [5.41, 5.74) is 5.97. The minimum absolute atomic E-state index is 0.00765. The van der Waals surface area contributed by atoms with E-state index in [1.54, 1.807) is 12.4 Å². The van der Waals surface area contributed by atoms with E-state index in [0.29, 0.717) is 18.7 Å². The lowest BCUT2D eigenvalue weighted by Gasteiger charge is -2.32. The van der Waals surface area contributed by atoms with Crippen LogP contribution in [0.1, 0.15) is 42.7 Å². The van der Waals surface area contributed by atoms with E-state index < -0.39 is 0 Å². The second kappa shape index (κ2) is 10.8. The second-order valence-corrected chi connectivity index (χ2v) is 8.11. The molecule has 4 rings (SSSR count). The molecule has 2 heterocycles.